The lowest BCUT2D eigenvalue weighted by Gasteiger charge is -2.09. The first-order chi connectivity index (χ1) is 9.88. The SMILES string of the molecule is Cc1csc(=O)n1CC(=O)Nc1ccc(F)cc1C(=O)O. The molecule has 6 nitrogen and oxygen atoms in total. The fourth-order valence-electron chi connectivity index (χ4n) is 1.73. The minimum atomic E-state index is -1.35. The van der Waals surface area contributed by atoms with Crippen molar-refractivity contribution in [2.24, 2.45) is 0 Å². The van der Waals surface area contributed by atoms with Crippen LogP contribution >= 0.6 is 11.3 Å². The molecular weight excluding hydrogens is 299 g/mol. The number of carbonyl (C=O) groups is 2. The number of amides is 1. The van der Waals surface area contributed by atoms with Crippen molar-refractivity contribution in [2.45, 2.75) is 13.5 Å². The Kier molecular flexibility index (Phi) is 4.18. The molecule has 8 heteroatoms. The molecule has 0 atom stereocenters. The van der Waals surface area contributed by atoms with E-state index in [1.807, 2.05) is 0 Å². The molecule has 0 saturated heterocycles. The van der Waals surface area contributed by atoms with Gasteiger partial charge < -0.3 is 10.4 Å². The van der Waals surface area contributed by atoms with Crippen LogP contribution in [-0.2, 0) is 11.3 Å². The largest absolute Gasteiger partial charge is 0.478 e. The van der Waals surface area contributed by atoms with Crippen LogP contribution in [0.1, 0.15) is 16.1 Å². The van der Waals surface area contributed by atoms with Gasteiger partial charge >= 0.3 is 10.8 Å². The molecule has 2 N–H and O–H groups in total. The average molecular weight is 310 g/mol. The summed E-state index contributed by atoms with van der Waals surface area (Å²) in [5.74, 6) is -2.63. The number of nitrogens with zero attached hydrogens (tertiary/aromatic N) is 1. The molecule has 0 spiro atoms. The number of carboxylic acids is 1. The lowest BCUT2D eigenvalue weighted by atomic mass is 10.1. The van der Waals surface area contributed by atoms with Gasteiger partial charge in [0.1, 0.15) is 12.4 Å². The number of benzene rings is 1. The molecule has 0 unspecified atom stereocenters. The lowest BCUT2D eigenvalue weighted by molar-refractivity contribution is -0.116. The van der Waals surface area contributed by atoms with E-state index in [0.717, 1.165) is 23.5 Å². The molecule has 0 aliphatic carbocycles. The quantitative estimate of drug-likeness (QED) is 0.899. The Labute approximate surface area is 122 Å². The Balaban J connectivity index is 2.21. The molecule has 2 rings (SSSR count). The molecule has 1 amide bonds. The molecule has 2 aromatic rings. The molecule has 110 valence electrons. The molecule has 21 heavy (non-hydrogen) atoms. The number of aromatic carboxylic acids is 1. The van der Waals surface area contributed by atoms with Crippen molar-refractivity contribution in [1.82, 2.24) is 4.57 Å². The minimum absolute atomic E-state index is 0.0187. The van der Waals surface area contributed by atoms with Crippen LogP contribution in [0.3, 0.4) is 0 Å². The molecule has 0 bridgehead atoms. The summed E-state index contributed by atoms with van der Waals surface area (Å²) in [6, 6.07) is 3.03. The minimum Gasteiger partial charge on any atom is -0.478 e. The highest BCUT2D eigenvalue weighted by atomic mass is 32.1. The number of aryl methyl sites for hydroxylation is 1. The normalized spacial score (nSPS) is 10.4. The molecule has 1 aromatic heterocycles. The van der Waals surface area contributed by atoms with E-state index in [1.54, 1.807) is 12.3 Å². The van der Waals surface area contributed by atoms with Gasteiger partial charge in [0.2, 0.25) is 5.91 Å². The number of carbonyl (C=O) groups excluding carboxylic acids is 1. The van der Waals surface area contributed by atoms with Gasteiger partial charge in [0.05, 0.1) is 11.3 Å². The highest BCUT2D eigenvalue weighted by Gasteiger charge is 2.15. The van der Waals surface area contributed by atoms with Crippen LogP contribution in [-0.4, -0.2) is 21.6 Å². The van der Waals surface area contributed by atoms with Crippen molar-refractivity contribution in [3.63, 3.8) is 0 Å². The maximum absolute atomic E-state index is 13.0. The van der Waals surface area contributed by atoms with E-state index < -0.39 is 17.7 Å². The molecule has 0 saturated carbocycles. The van der Waals surface area contributed by atoms with Gasteiger partial charge in [-0.1, -0.05) is 11.3 Å². The highest BCUT2D eigenvalue weighted by molar-refractivity contribution is 7.07. The van der Waals surface area contributed by atoms with E-state index in [2.05, 4.69) is 5.32 Å². The Morgan fingerprint density at radius 1 is 1.43 bits per heavy atom. The van der Waals surface area contributed by atoms with Crippen LogP contribution in [0.2, 0.25) is 0 Å². The molecular formula is C13H11FN2O4S. The van der Waals surface area contributed by atoms with Crippen LogP contribution in [0, 0.1) is 12.7 Å². The fraction of sp³-hybridized carbons (Fsp3) is 0.154. The number of nitrogens with one attached hydrogen (secondary N) is 1. The van der Waals surface area contributed by atoms with E-state index in [4.69, 9.17) is 5.11 Å². The van der Waals surface area contributed by atoms with Gasteiger partial charge in [-0.2, -0.15) is 0 Å². The topological polar surface area (TPSA) is 88.4 Å². The van der Waals surface area contributed by atoms with E-state index in [1.165, 1.54) is 10.6 Å². The highest BCUT2D eigenvalue weighted by Crippen LogP contribution is 2.17. The second-order valence-electron chi connectivity index (χ2n) is 4.27. The first-order valence-electron chi connectivity index (χ1n) is 5.86. The van der Waals surface area contributed by atoms with Crippen LogP contribution in [0.4, 0.5) is 10.1 Å². The van der Waals surface area contributed by atoms with Crippen molar-refractivity contribution < 1.29 is 19.1 Å². The maximum Gasteiger partial charge on any atom is 0.337 e. The zero-order valence-corrected chi connectivity index (χ0v) is 11.7. The zero-order valence-electron chi connectivity index (χ0n) is 10.9. The third-order valence-corrected chi connectivity index (χ3v) is 3.65. The number of rotatable bonds is 4. The third-order valence-electron chi connectivity index (χ3n) is 2.76. The fourth-order valence-corrected chi connectivity index (χ4v) is 2.47. The summed E-state index contributed by atoms with van der Waals surface area (Å²) in [5.41, 5.74) is 0.269. The van der Waals surface area contributed by atoms with Crippen molar-refractivity contribution in [2.75, 3.05) is 5.32 Å². The van der Waals surface area contributed by atoms with Crippen molar-refractivity contribution in [1.29, 1.82) is 0 Å². The van der Waals surface area contributed by atoms with E-state index in [-0.39, 0.29) is 22.7 Å². The Morgan fingerprint density at radius 3 is 2.71 bits per heavy atom. The van der Waals surface area contributed by atoms with Crippen LogP contribution in [0.25, 0.3) is 0 Å². The number of aromatic nitrogens is 1. The van der Waals surface area contributed by atoms with Crippen LogP contribution < -0.4 is 10.2 Å². The molecule has 1 aromatic carbocycles. The summed E-state index contributed by atoms with van der Waals surface area (Å²) in [4.78, 5) is 34.1. The lowest BCUT2D eigenvalue weighted by Crippen LogP contribution is -2.25. The van der Waals surface area contributed by atoms with Crippen molar-refractivity contribution >= 4 is 28.9 Å². The van der Waals surface area contributed by atoms with Gasteiger partial charge in [0.25, 0.3) is 0 Å². The molecule has 0 aliphatic rings. The number of hydrogen-bond donors (Lipinski definition) is 2. The predicted octanol–water partition coefficient (Wildman–Crippen LogP) is 1.69. The predicted molar refractivity (Wildman–Crippen MR) is 75.3 cm³/mol. The average Bonchev–Trinajstić information content (AvgIpc) is 2.72. The Morgan fingerprint density at radius 2 is 2.14 bits per heavy atom. The maximum atomic E-state index is 13.0. The molecule has 0 radical (unpaired) electrons. The second-order valence-corrected chi connectivity index (χ2v) is 5.09. The van der Waals surface area contributed by atoms with Gasteiger partial charge in [-0.05, 0) is 25.1 Å². The summed E-state index contributed by atoms with van der Waals surface area (Å²) >= 11 is 0.973. The first-order valence-corrected chi connectivity index (χ1v) is 6.74. The van der Waals surface area contributed by atoms with Crippen molar-refractivity contribution in [3.8, 4) is 0 Å². The Hall–Kier alpha value is -2.48. The van der Waals surface area contributed by atoms with E-state index in [9.17, 15) is 18.8 Å². The molecule has 1 heterocycles. The third kappa shape index (κ3) is 3.34. The van der Waals surface area contributed by atoms with Gasteiger partial charge in [-0.3, -0.25) is 14.2 Å². The van der Waals surface area contributed by atoms with Gasteiger partial charge in [0.15, 0.2) is 0 Å². The standard InChI is InChI=1S/C13H11FN2O4S/c1-7-6-21-13(20)16(7)5-11(17)15-10-3-2-8(14)4-9(10)12(18)19/h2-4,6H,5H2,1H3,(H,15,17)(H,18,19). The monoisotopic (exact) mass is 310 g/mol. The van der Waals surface area contributed by atoms with Crippen LogP contribution in [0.15, 0.2) is 28.4 Å². The first kappa shape index (κ1) is 14.9. The number of thiazole rings is 1. The van der Waals surface area contributed by atoms with Gasteiger partial charge in [-0.15, -0.1) is 0 Å². The number of anilines is 1. The summed E-state index contributed by atoms with van der Waals surface area (Å²) in [5, 5.41) is 13.0. The van der Waals surface area contributed by atoms with Crippen LogP contribution in [0.5, 0.6) is 0 Å². The second kappa shape index (κ2) is 5.88. The Bertz CT molecular complexity index is 766. The summed E-state index contributed by atoms with van der Waals surface area (Å²) in [6.07, 6.45) is 0. The summed E-state index contributed by atoms with van der Waals surface area (Å²) < 4.78 is 14.3. The summed E-state index contributed by atoms with van der Waals surface area (Å²) in [6.45, 7) is 1.45. The van der Waals surface area contributed by atoms with E-state index >= 15 is 0 Å². The number of halogens is 1. The molecule has 0 fully saturated rings. The van der Waals surface area contributed by atoms with E-state index in [0.29, 0.717) is 5.69 Å². The van der Waals surface area contributed by atoms with Gasteiger partial charge in [-0.25, -0.2) is 9.18 Å². The van der Waals surface area contributed by atoms with Gasteiger partial charge in [0, 0.05) is 11.1 Å². The number of carboxylic acid groups (broad SMARTS) is 1. The summed E-state index contributed by atoms with van der Waals surface area (Å²) in [7, 11) is 0. The zero-order chi connectivity index (χ0) is 15.6. The number of hydrogen-bond acceptors (Lipinski definition) is 4. The smallest absolute Gasteiger partial charge is 0.337 e. The van der Waals surface area contributed by atoms with Crippen molar-refractivity contribution in [3.05, 3.63) is 50.3 Å². The molecule has 0 aliphatic heterocycles.